The van der Waals surface area contributed by atoms with Crippen LogP contribution in [0.3, 0.4) is 0 Å². The molecule has 1 aliphatic carbocycles. The van der Waals surface area contributed by atoms with Gasteiger partial charge in [-0.25, -0.2) is 0 Å². The maximum absolute atomic E-state index is 10.3. The molecule has 3 rings (SSSR count). The maximum Gasteiger partial charge on any atom is 0.125 e. The van der Waals surface area contributed by atoms with E-state index in [1.54, 1.807) is 7.11 Å². The van der Waals surface area contributed by atoms with Crippen molar-refractivity contribution in [1.82, 2.24) is 0 Å². The molecule has 0 aromatic heterocycles. The first-order valence-corrected chi connectivity index (χ1v) is 6.71. The van der Waals surface area contributed by atoms with Crippen LogP contribution in [0.1, 0.15) is 43.8 Å². The molecule has 1 aromatic rings. The molecule has 1 heterocycles. The standard InChI is InChI=1S/C15H20O3/c1-17-11-6-8-15(9-7-11)10-13(16)12-4-2-3-5-14(12)18-15/h2-5,11,13,16H,6-10H2,1H3/t11?,13-,15?/m0/s1. The quantitative estimate of drug-likeness (QED) is 0.830. The second-order valence-corrected chi connectivity index (χ2v) is 5.48. The summed E-state index contributed by atoms with van der Waals surface area (Å²) < 4.78 is 11.6. The van der Waals surface area contributed by atoms with Gasteiger partial charge in [0, 0.05) is 19.1 Å². The molecule has 2 aliphatic rings. The summed E-state index contributed by atoms with van der Waals surface area (Å²) in [6.45, 7) is 0. The first-order chi connectivity index (χ1) is 8.72. The van der Waals surface area contributed by atoms with Gasteiger partial charge in [0.05, 0.1) is 12.2 Å². The van der Waals surface area contributed by atoms with Gasteiger partial charge in [0.25, 0.3) is 0 Å². The highest BCUT2D eigenvalue weighted by molar-refractivity contribution is 5.38. The first kappa shape index (κ1) is 12.0. The Hall–Kier alpha value is -1.06. The van der Waals surface area contributed by atoms with E-state index in [0.29, 0.717) is 12.5 Å². The number of methoxy groups -OCH3 is 1. The third-order valence-corrected chi connectivity index (χ3v) is 4.35. The lowest BCUT2D eigenvalue weighted by Gasteiger charge is -2.44. The fraction of sp³-hybridized carbons (Fsp3) is 0.600. The number of ether oxygens (including phenoxy) is 2. The summed E-state index contributed by atoms with van der Waals surface area (Å²) in [5.41, 5.74) is 0.750. The van der Waals surface area contributed by atoms with E-state index in [1.165, 1.54) is 0 Å². The minimum atomic E-state index is -0.394. The number of rotatable bonds is 1. The lowest BCUT2D eigenvalue weighted by Crippen LogP contribution is -2.45. The van der Waals surface area contributed by atoms with E-state index in [2.05, 4.69) is 0 Å². The van der Waals surface area contributed by atoms with Crippen molar-refractivity contribution in [1.29, 1.82) is 0 Å². The summed E-state index contributed by atoms with van der Waals surface area (Å²) in [4.78, 5) is 0. The monoisotopic (exact) mass is 248 g/mol. The van der Waals surface area contributed by atoms with Gasteiger partial charge in [-0.05, 0) is 31.7 Å². The second-order valence-electron chi connectivity index (χ2n) is 5.48. The van der Waals surface area contributed by atoms with Crippen LogP contribution in [-0.2, 0) is 4.74 Å². The molecule has 1 spiro atoms. The summed E-state index contributed by atoms with van der Waals surface area (Å²) in [7, 11) is 1.77. The summed E-state index contributed by atoms with van der Waals surface area (Å²) in [5.74, 6) is 0.854. The molecular formula is C15H20O3. The van der Waals surface area contributed by atoms with E-state index in [9.17, 15) is 5.11 Å². The van der Waals surface area contributed by atoms with Crippen LogP contribution in [0.25, 0.3) is 0 Å². The third kappa shape index (κ3) is 2.02. The van der Waals surface area contributed by atoms with Crippen LogP contribution in [0, 0.1) is 0 Å². The van der Waals surface area contributed by atoms with Crippen molar-refractivity contribution in [3.05, 3.63) is 29.8 Å². The van der Waals surface area contributed by atoms with Gasteiger partial charge in [-0.2, -0.15) is 0 Å². The molecule has 3 heteroatoms. The highest BCUT2D eigenvalue weighted by Crippen LogP contribution is 2.46. The minimum absolute atomic E-state index is 0.178. The fourth-order valence-electron chi connectivity index (χ4n) is 3.25. The predicted octanol–water partition coefficient (Wildman–Crippen LogP) is 2.83. The van der Waals surface area contributed by atoms with Gasteiger partial charge in [-0.3, -0.25) is 0 Å². The lowest BCUT2D eigenvalue weighted by molar-refractivity contribution is -0.0671. The average molecular weight is 248 g/mol. The SMILES string of the molecule is COC1CCC2(CC1)C[C@H](O)c1ccccc1O2. The van der Waals surface area contributed by atoms with Crippen LogP contribution in [-0.4, -0.2) is 23.9 Å². The van der Waals surface area contributed by atoms with Crippen LogP contribution in [0.4, 0.5) is 0 Å². The fourth-order valence-corrected chi connectivity index (χ4v) is 3.25. The number of hydrogen-bond acceptors (Lipinski definition) is 3. The molecule has 1 aromatic carbocycles. The van der Waals surface area contributed by atoms with Gasteiger partial charge in [0.1, 0.15) is 11.4 Å². The number of para-hydroxylation sites is 1. The van der Waals surface area contributed by atoms with E-state index in [0.717, 1.165) is 37.0 Å². The molecule has 18 heavy (non-hydrogen) atoms. The molecule has 0 amide bonds. The predicted molar refractivity (Wildman–Crippen MR) is 68.6 cm³/mol. The average Bonchev–Trinajstić information content (AvgIpc) is 2.40. The Morgan fingerprint density at radius 2 is 2.00 bits per heavy atom. The van der Waals surface area contributed by atoms with Crippen LogP contribution in [0.15, 0.2) is 24.3 Å². The second kappa shape index (κ2) is 4.56. The summed E-state index contributed by atoms with van der Waals surface area (Å²) in [6, 6.07) is 7.83. The number of aliphatic hydroxyl groups excluding tert-OH is 1. The molecule has 3 nitrogen and oxygen atoms in total. The van der Waals surface area contributed by atoms with E-state index in [-0.39, 0.29) is 5.60 Å². The van der Waals surface area contributed by atoms with Gasteiger partial charge in [0.15, 0.2) is 0 Å². The topological polar surface area (TPSA) is 38.7 Å². The lowest BCUT2D eigenvalue weighted by atomic mass is 9.77. The largest absolute Gasteiger partial charge is 0.487 e. The Balaban J connectivity index is 1.81. The molecule has 1 fully saturated rings. The molecule has 0 bridgehead atoms. The van der Waals surface area contributed by atoms with Crippen LogP contribution in [0.2, 0.25) is 0 Å². The molecule has 1 atom stereocenters. The number of hydrogen-bond donors (Lipinski definition) is 1. The Morgan fingerprint density at radius 3 is 2.72 bits per heavy atom. The van der Waals surface area contributed by atoms with Gasteiger partial charge < -0.3 is 14.6 Å². The number of benzene rings is 1. The van der Waals surface area contributed by atoms with E-state index >= 15 is 0 Å². The van der Waals surface area contributed by atoms with E-state index < -0.39 is 6.10 Å². The molecule has 1 N–H and O–H groups in total. The number of aliphatic hydroxyl groups is 1. The highest BCUT2D eigenvalue weighted by atomic mass is 16.5. The zero-order valence-corrected chi connectivity index (χ0v) is 10.8. The minimum Gasteiger partial charge on any atom is -0.487 e. The summed E-state index contributed by atoms with van der Waals surface area (Å²) in [6.07, 6.45) is 4.65. The van der Waals surface area contributed by atoms with Gasteiger partial charge in [-0.15, -0.1) is 0 Å². The van der Waals surface area contributed by atoms with Crippen LogP contribution >= 0.6 is 0 Å². The van der Waals surface area contributed by atoms with Crippen molar-refractivity contribution in [3.8, 4) is 5.75 Å². The normalized spacial score (nSPS) is 35.0. The van der Waals surface area contributed by atoms with E-state index in [1.807, 2.05) is 24.3 Å². The first-order valence-electron chi connectivity index (χ1n) is 6.71. The Labute approximate surface area is 108 Å². The van der Waals surface area contributed by atoms with Crippen molar-refractivity contribution in [2.24, 2.45) is 0 Å². The van der Waals surface area contributed by atoms with Crippen molar-refractivity contribution in [2.45, 2.75) is 49.9 Å². The molecule has 1 saturated carbocycles. The van der Waals surface area contributed by atoms with Gasteiger partial charge in [-0.1, -0.05) is 18.2 Å². The molecule has 1 aliphatic heterocycles. The van der Waals surface area contributed by atoms with E-state index in [4.69, 9.17) is 9.47 Å². The molecule has 0 radical (unpaired) electrons. The van der Waals surface area contributed by atoms with Crippen molar-refractivity contribution in [2.75, 3.05) is 7.11 Å². The Morgan fingerprint density at radius 1 is 1.28 bits per heavy atom. The highest BCUT2D eigenvalue weighted by Gasteiger charge is 2.43. The molecule has 98 valence electrons. The smallest absolute Gasteiger partial charge is 0.125 e. The third-order valence-electron chi connectivity index (χ3n) is 4.35. The summed E-state index contributed by atoms with van der Waals surface area (Å²) >= 11 is 0. The summed E-state index contributed by atoms with van der Waals surface area (Å²) in [5, 5.41) is 10.3. The maximum atomic E-state index is 10.3. The van der Waals surface area contributed by atoms with Gasteiger partial charge in [0.2, 0.25) is 0 Å². The van der Waals surface area contributed by atoms with Crippen LogP contribution in [0.5, 0.6) is 5.75 Å². The van der Waals surface area contributed by atoms with Gasteiger partial charge >= 0.3 is 0 Å². The Bertz CT molecular complexity index is 422. The zero-order valence-electron chi connectivity index (χ0n) is 10.8. The zero-order chi connectivity index (χ0) is 12.6. The van der Waals surface area contributed by atoms with Crippen molar-refractivity contribution >= 4 is 0 Å². The molecular weight excluding hydrogens is 228 g/mol. The molecule has 0 unspecified atom stereocenters. The Kier molecular flexibility index (Phi) is 3.04. The van der Waals surface area contributed by atoms with Crippen LogP contribution < -0.4 is 4.74 Å². The van der Waals surface area contributed by atoms with Crippen molar-refractivity contribution < 1.29 is 14.6 Å². The number of fused-ring (bicyclic) bond motifs is 1. The van der Waals surface area contributed by atoms with Crippen molar-refractivity contribution in [3.63, 3.8) is 0 Å². The molecule has 0 saturated heterocycles.